The molecule has 0 N–H and O–H groups in total. The molecule has 3 aliphatic rings. The average Bonchev–Trinajstić information content (AvgIpc) is 3.50. The number of hydrogen-bond donors (Lipinski definition) is 0. The molecule has 0 spiro atoms. The fourth-order valence-corrected chi connectivity index (χ4v) is 5.63. The van der Waals surface area contributed by atoms with Crippen molar-refractivity contribution in [2.24, 2.45) is 28.8 Å². The summed E-state index contributed by atoms with van der Waals surface area (Å²) in [6.45, 7) is 6.32. The molecule has 2 bridgehead atoms. The van der Waals surface area contributed by atoms with Gasteiger partial charge in [0.25, 0.3) is 11.8 Å². The number of benzene rings is 1. The molecule has 5 rings (SSSR count). The predicted octanol–water partition coefficient (Wildman–Crippen LogP) is 4.58. The molecule has 31 heavy (non-hydrogen) atoms. The maximum Gasteiger partial charge on any atom is 0.254 e. The number of amides is 2. The fourth-order valence-electron chi connectivity index (χ4n) is 5.63. The van der Waals surface area contributed by atoms with Crippen LogP contribution in [0.3, 0.4) is 0 Å². The number of aryl methyl sites for hydroxylation is 2. The van der Waals surface area contributed by atoms with E-state index < -0.39 is 0 Å². The minimum Gasteiger partial charge on any atom is -0.318 e. The van der Waals surface area contributed by atoms with E-state index >= 15 is 0 Å². The summed E-state index contributed by atoms with van der Waals surface area (Å²) in [6.07, 6.45) is 10.3. The van der Waals surface area contributed by atoms with E-state index in [9.17, 15) is 9.59 Å². The summed E-state index contributed by atoms with van der Waals surface area (Å²) >= 11 is 0. The molecule has 0 radical (unpaired) electrons. The molecule has 2 amide bonds. The molecule has 1 saturated carbocycles. The number of hydrazone groups is 1. The van der Waals surface area contributed by atoms with Crippen LogP contribution in [0.4, 0.5) is 0 Å². The Hall–Kier alpha value is -2.95. The van der Waals surface area contributed by atoms with E-state index in [2.05, 4.69) is 66.0 Å². The van der Waals surface area contributed by atoms with Crippen LogP contribution < -0.4 is 0 Å². The number of carbonyl (C=O) groups is 2. The van der Waals surface area contributed by atoms with Crippen LogP contribution in [-0.2, 0) is 16.0 Å². The van der Waals surface area contributed by atoms with Gasteiger partial charge in [0.15, 0.2) is 0 Å². The molecule has 160 valence electrons. The monoisotopic (exact) mass is 415 g/mol. The molecule has 2 aromatic rings. The maximum absolute atomic E-state index is 12.8. The van der Waals surface area contributed by atoms with Crippen molar-refractivity contribution in [1.82, 2.24) is 9.58 Å². The van der Waals surface area contributed by atoms with Crippen molar-refractivity contribution < 1.29 is 9.59 Å². The number of fused-ring (bicyclic) bond motifs is 5. The van der Waals surface area contributed by atoms with E-state index in [4.69, 9.17) is 0 Å². The van der Waals surface area contributed by atoms with Crippen molar-refractivity contribution in [3.8, 4) is 5.69 Å². The molecule has 2 heterocycles. The van der Waals surface area contributed by atoms with E-state index in [-0.39, 0.29) is 35.5 Å². The van der Waals surface area contributed by atoms with Gasteiger partial charge < -0.3 is 4.57 Å². The van der Waals surface area contributed by atoms with E-state index in [1.54, 1.807) is 6.21 Å². The number of hydrogen-bond acceptors (Lipinski definition) is 3. The zero-order valence-corrected chi connectivity index (χ0v) is 18.4. The number of aromatic nitrogens is 1. The van der Waals surface area contributed by atoms with Crippen LogP contribution >= 0.6 is 0 Å². The number of allylic oxidation sites excluding steroid dienone is 2. The molecule has 2 fully saturated rings. The van der Waals surface area contributed by atoms with E-state index in [1.807, 2.05) is 6.92 Å². The zero-order chi connectivity index (χ0) is 21.7. The van der Waals surface area contributed by atoms with Crippen molar-refractivity contribution in [1.29, 1.82) is 0 Å². The Bertz CT molecular complexity index is 1060. The van der Waals surface area contributed by atoms with E-state index in [0.29, 0.717) is 0 Å². The normalized spacial score (nSPS) is 26.6. The Kier molecular flexibility index (Phi) is 4.92. The van der Waals surface area contributed by atoms with Gasteiger partial charge in [-0.1, -0.05) is 37.6 Å². The molecule has 1 aromatic carbocycles. The second-order valence-corrected chi connectivity index (χ2v) is 9.16. The Balaban J connectivity index is 1.37. The molecular weight excluding hydrogens is 386 g/mol. The minimum atomic E-state index is -0.210. The van der Waals surface area contributed by atoms with Crippen molar-refractivity contribution >= 4 is 18.0 Å². The first-order chi connectivity index (χ1) is 15.0. The van der Waals surface area contributed by atoms with Crippen molar-refractivity contribution in [3.63, 3.8) is 0 Å². The maximum atomic E-state index is 12.8. The van der Waals surface area contributed by atoms with Gasteiger partial charge in [0.2, 0.25) is 0 Å². The molecule has 1 aromatic heterocycles. The third-order valence-electron chi connectivity index (χ3n) is 7.24. The number of rotatable bonds is 6. The third-order valence-corrected chi connectivity index (χ3v) is 7.24. The van der Waals surface area contributed by atoms with Crippen LogP contribution in [0.15, 0.2) is 47.6 Å². The smallest absolute Gasteiger partial charge is 0.254 e. The lowest BCUT2D eigenvalue weighted by Crippen LogP contribution is -2.28. The lowest BCUT2D eigenvalue weighted by atomic mass is 9.85. The molecule has 5 nitrogen and oxygen atoms in total. The number of imide groups is 1. The van der Waals surface area contributed by atoms with E-state index in [0.717, 1.165) is 40.5 Å². The van der Waals surface area contributed by atoms with Gasteiger partial charge >= 0.3 is 0 Å². The van der Waals surface area contributed by atoms with E-state index in [1.165, 1.54) is 18.4 Å². The molecule has 1 aliphatic heterocycles. The lowest BCUT2D eigenvalue weighted by Gasteiger charge is -2.13. The Morgan fingerprint density at radius 1 is 1.03 bits per heavy atom. The zero-order valence-electron chi connectivity index (χ0n) is 18.4. The average molecular weight is 416 g/mol. The second-order valence-electron chi connectivity index (χ2n) is 9.16. The summed E-state index contributed by atoms with van der Waals surface area (Å²) in [4.78, 5) is 25.7. The lowest BCUT2D eigenvalue weighted by molar-refractivity contribution is -0.140. The summed E-state index contributed by atoms with van der Waals surface area (Å²) in [5, 5.41) is 5.48. The van der Waals surface area contributed by atoms with Gasteiger partial charge in [0.05, 0.1) is 18.1 Å². The molecule has 4 atom stereocenters. The molecule has 2 aliphatic carbocycles. The number of carbonyl (C=O) groups excluding carboxylic acids is 2. The van der Waals surface area contributed by atoms with Gasteiger partial charge in [-0.15, -0.1) is 0 Å². The van der Waals surface area contributed by atoms with Gasteiger partial charge in [-0.3, -0.25) is 9.59 Å². The largest absolute Gasteiger partial charge is 0.318 e. The van der Waals surface area contributed by atoms with Gasteiger partial charge in [-0.25, -0.2) is 0 Å². The Morgan fingerprint density at radius 3 is 2.29 bits per heavy atom. The highest BCUT2D eigenvalue weighted by molar-refractivity contribution is 6.06. The molecular formula is C26H29N3O2. The highest BCUT2D eigenvalue weighted by Crippen LogP contribution is 2.52. The molecule has 5 heteroatoms. The summed E-state index contributed by atoms with van der Waals surface area (Å²) in [5.41, 5.74) is 5.53. The van der Waals surface area contributed by atoms with Crippen molar-refractivity contribution in [2.45, 2.75) is 46.5 Å². The minimum absolute atomic E-state index is 0.139. The second kappa shape index (κ2) is 7.63. The fraction of sp³-hybridized carbons (Fsp3) is 0.423. The summed E-state index contributed by atoms with van der Waals surface area (Å²) in [5.74, 6) is -0.287. The van der Waals surface area contributed by atoms with Crippen LogP contribution in [0.1, 0.15) is 48.7 Å². The van der Waals surface area contributed by atoms with Gasteiger partial charge in [0, 0.05) is 22.6 Å². The summed E-state index contributed by atoms with van der Waals surface area (Å²) in [7, 11) is 0. The first-order valence-electron chi connectivity index (χ1n) is 11.4. The Morgan fingerprint density at radius 2 is 1.68 bits per heavy atom. The highest BCUT2D eigenvalue weighted by Gasteiger charge is 2.59. The topological polar surface area (TPSA) is 54.7 Å². The SMILES string of the molecule is CCCCc1ccc(-n2c(C)cc(C=NN3C(=O)C4C5C=CC(C5)C4C3=O)c2C)cc1. The summed E-state index contributed by atoms with van der Waals surface area (Å²) in [6, 6.07) is 10.8. The first-order valence-corrected chi connectivity index (χ1v) is 11.4. The van der Waals surface area contributed by atoms with Crippen molar-refractivity contribution in [3.05, 3.63) is 65.0 Å². The van der Waals surface area contributed by atoms with Crippen molar-refractivity contribution in [2.75, 3.05) is 0 Å². The van der Waals surface area contributed by atoms with Gasteiger partial charge in [-0.05, 0) is 68.7 Å². The van der Waals surface area contributed by atoms with Crippen LogP contribution in [0.2, 0.25) is 0 Å². The molecule has 4 unspecified atom stereocenters. The molecule has 1 saturated heterocycles. The standard InChI is InChI=1S/C26H29N3O2/c1-4-5-6-18-7-11-22(12-8-18)28-16(2)13-21(17(28)3)15-27-29-25(30)23-19-9-10-20(14-19)24(23)26(29)31/h7-13,15,19-20,23-24H,4-6,14H2,1-3H3. The third kappa shape index (κ3) is 3.18. The number of unbranched alkanes of at least 4 members (excludes halogenated alkanes) is 1. The predicted molar refractivity (Wildman–Crippen MR) is 121 cm³/mol. The number of nitrogens with zero attached hydrogens (tertiary/aromatic N) is 3. The van der Waals surface area contributed by atoms with Gasteiger partial charge in [-0.2, -0.15) is 10.1 Å². The van der Waals surface area contributed by atoms with Crippen LogP contribution in [-0.4, -0.2) is 27.6 Å². The van der Waals surface area contributed by atoms with Gasteiger partial charge in [0.1, 0.15) is 0 Å². The van der Waals surface area contributed by atoms with Crippen LogP contribution in [0.5, 0.6) is 0 Å². The first kappa shape index (κ1) is 20.0. The summed E-state index contributed by atoms with van der Waals surface area (Å²) < 4.78 is 2.19. The highest BCUT2D eigenvalue weighted by atomic mass is 16.2. The van der Waals surface area contributed by atoms with Crippen LogP contribution in [0, 0.1) is 37.5 Å². The quantitative estimate of drug-likeness (QED) is 0.394. The van der Waals surface area contributed by atoms with Crippen LogP contribution in [0.25, 0.3) is 5.69 Å². The Labute approximate surface area is 183 Å².